The number of hydrogen-bond acceptors (Lipinski definition) is 3. The van der Waals surface area contributed by atoms with Crippen LogP contribution < -0.4 is 5.32 Å². The summed E-state index contributed by atoms with van der Waals surface area (Å²) in [6.07, 6.45) is 5.76. The lowest BCUT2D eigenvalue weighted by Crippen LogP contribution is -2.26. The van der Waals surface area contributed by atoms with Crippen LogP contribution in [0, 0.1) is 0 Å². The second-order valence-corrected chi connectivity index (χ2v) is 6.41. The largest absolute Gasteiger partial charge is 0.355 e. The Bertz CT molecular complexity index is 583. The highest BCUT2D eigenvalue weighted by atomic mass is 79.9. The van der Waals surface area contributed by atoms with Gasteiger partial charge < -0.3 is 5.32 Å². The second-order valence-electron chi connectivity index (χ2n) is 4.55. The zero-order chi connectivity index (χ0) is 15.1. The number of imidazole rings is 1. The number of unbranched alkanes of at least 4 members (excludes halogenated alkanes) is 1. The first kappa shape index (κ1) is 16.1. The van der Waals surface area contributed by atoms with Crippen LogP contribution in [0.25, 0.3) is 5.69 Å². The smallest absolute Gasteiger partial charge is 0.230 e. The minimum absolute atomic E-state index is 0.0545. The zero-order valence-electron chi connectivity index (χ0n) is 11.9. The number of hydrogen-bond donors (Lipinski definition) is 1. The summed E-state index contributed by atoms with van der Waals surface area (Å²) in [5.74, 6) is 0.441. The Morgan fingerprint density at radius 1 is 1.38 bits per heavy atom. The van der Waals surface area contributed by atoms with Gasteiger partial charge in [0.25, 0.3) is 0 Å². The quantitative estimate of drug-likeness (QED) is 0.600. The van der Waals surface area contributed by atoms with Gasteiger partial charge in [-0.15, -0.1) is 0 Å². The lowest BCUT2D eigenvalue weighted by molar-refractivity contribution is -0.118. The van der Waals surface area contributed by atoms with E-state index < -0.39 is 0 Å². The molecule has 0 spiro atoms. The van der Waals surface area contributed by atoms with E-state index in [1.807, 2.05) is 35.0 Å². The highest BCUT2D eigenvalue weighted by molar-refractivity contribution is 9.10. The monoisotopic (exact) mass is 367 g/mol. The van der Waals surface area contributed by atoms with E-state index in [4.69, 9.17) is 0 Å². The Kier molecular flexibility index (Phi) is 6.32. The van der Waals surface area contributed by atoms with Crippen molar-refractivity contribution in [2.45, 2.75) is 24.9 Å². The highest BCUT2D eigenvalue weighted by Gasteiger charge is 2.08. The Hall–Kier alpha value is -1.27. The van der Waals surface area contributed by atoms with E-state index in [0.717, 1.165) is 34.7 Å². The summed E-state index contributed by atoms with van der Waals surface area (Å²) < 4.78 is 3.02. The lowest BCUT2D eigenvalue weighted by Gasteiger charge is -2.08. The summed E-state index contributed by atoms with van der Waals surface area (Å²) in [5, 5.41) is 3.73. The number of rotatable bonds is 7. The molecular weight excluding hydrogens is 350 g/mol. The van der Waals surface area contributed by atoms with Crippen molar-refractivity contribution in [1.29, 1.82) is 0 Å². The number of carbonyl (C=O) groups is 1. The molecule has 0 aliphatic heterocycles. The highest BCUT2D eigenvalue weighted by Crippen LogP contribution is 2.21. The molecule has 0 atom stereocenters. The predicted octanol–water partition coefficient (Wildman–Crippen LogP) is 3.64. The third kappa shape index (κ3) is 4.89. The maximum absolute atomic E-state index is 11.7. The summed E-state index contributed by atoms with van der Waals surface area (Å²) in [6.45, 7) is 2.85. The molecule has 0 saturated carbocycles. The van der Waals surface area contributed by atoms with E-state index >= 15 is 0 Å². The van der Waals surface area contributed by atoms with Gasteiger partial charge in [0.05, 0.1) is 5.75 Å². The number of thioether (sulfide) groups is 1. The molecular formula is C15H18BrN3OS. The van der Waals surface area contributed by atoms with Crippen LogP contribution in [0.15, 0.2) is 46.3 Å². The molecule has 0 saturated heterocycles. The van der Waals surface area contributed by atoms with E-state index in [0.29, 0.717) is 5.75 Å². The average Bonchev–Trinajstić information content (AvgIpc) is 2.95. The summed E-state index contributed by atoms with van der Waals surface area (Å²) >= 11 is 4.87. The summed E-state index contributed by atoms with van der Waals surface area (Å²) in [7, 11) is 0. The molecule has 0 bridgehead atoms. The van der Waals surface area contributed by atoms with Gasteiger partial charge in [-0.25, -0.2) is 4.98 Å². The minimum atomic E-state index is 0.0545. The van der Waals surface area contributed by atoms with Crippen molar-refractivity contribution in [1.82, 2.24) is 14.9 Å². The molecule has 21 heavy (non-hydrogen) atoms. The molecule has 2 rings (SSSR count). The predicted molar refractivity (Wildman–Crippen MR) is 89.9 cm³/mol. The van der Waals surface area contributed by atoms with Gasteiger partial charge in [-0.05, 0) is 30.7 Å². The van der Waals surface area contributed by atoms with Crippen LogP contribution in [0.3, 0.4) is 0 Å². The molecule has 0 fully saturated rings. The van der Waals surface area contributed by atoms with Crippen LogP contribution in [0.2, 0.25) is 0 Å². The van der Waals surface area contributed by atoms with Gasteiger partial charge >= 0.3 is 0 Å². The van der Waals surface area contributed by atoms with Crippen molar-refractivity contribution in [2.75, 3.05) is 12.3 Å². The van der Waals surface area contributed by atoms with Gasteiger partial charge in [0.2, 0.25) is 5.91 Å². The maximum Gasteiger partial charge on any atom is 0.230 e. The Balaban J connectivity index is 1.94. The molecule has 1 amide bonds. The van der Waals surface area contributed by atoms with Crippen LogP contribution in [0.5, 0.6) is 0 Å². The van der Waals surface area contributed by atoms with Crippen LogP contribution in [-0.4, -0.2) is 27.8 Å². The Morgan fingerprint density at radius 2 is 2.14 bits per heavy atom. The minimum Gasteiger partial charge on any atom is -0.355 e. The van der Waals surface area contributed by atoms with Crippen molar-refractivity contribution in [3.8, 4) is 5.69 Å². The number of nitrogens with zero attached hydrogens (tertiary/aromatic N) is 2. The number of amides is 1. The van der Waals surface area contributed by atoms with Gasteiger partial charge in [0, 0.05) is 29.1 Å². The third-order valence-electron chi connectivity index (χ3n) is 2.90. The van der Waals surface area contributed by atoms with Crippen molar-refractivity contribution >= 4 is 33.6 Å². The Morgan fingerprint density at radius 3 is 2.86 bits per heavy atom. The molecule has 112 valence electrons. The SMILES string of the molecule is CCCCNC(=O)CSc1nccn1-c1ccc(Br)cc1. The fraction of sp³-hybridized carbons (Fsp3) is 0.333. The van der Waals surface area contributed by atoms with Gasteiger partial charge in [-0.3, -0.25) is 9.36 Å². The number of aromatic nitrogens is 2. The summed E-state index contributed by atoms with van der Waals surface area (Å²) in [5.41, 5.74) is 1.03. The number of halogens is 1. The molecule has 4 nitrogen and oxygen atoms in total. The Labute approximate surface area is 137 Å². The molecule has 1 N–H and O–H groups in total. The molecule has 6 heteroatoms. The number of carbonyl (C=O) groups excluding carboxylic acids is 1. The van der Waals surface area contributed by atoms with Crippen LogP contribution in [0.4, 0.5) is 0 Å². The van der Waals surface area contributed by atoms with Crippen molar-refractivity contribution in [3.05, 3.63) is 41.1 Å². The summed E-state index contributed by atoms with van der Waals surface area (Å²) in [6, 6.07) is 8.00. The fourth-order valence-corrected chi connectivity index (χ4v) is 2.85. The molecule has 0 aliphatic rings. The van der Waals surface area contributed by atoms with Crippen LogP contribution in [0.1, 0.15) is 19.8 Å². The van der Waals surface area contributed by atoms with Gasteiger partial charge in [0.1, 0.15) is 0 Å². The van der Waals surface area contributed by atoms with Crippen LogP contribution >= 0.6 is 27.7 Å². The van der Waals surface area contributed by atoms with Crippen LogP contribution in [-0.2, 0) is 4.79 Å². The number of nitrogens with one attached hydrogen (secondary N) is 1. The van der Waals surface area contributed by atoms with Gasteiger partial charge in [-0.1, -0.05) is 41.0 Å². The van der Waals surface area contributed by atoms with E-state index in [-0.39, 0.29) is 5.91 Å². The molecule has 2 aromatic rings. The second kappa shape index (κ2) is 8.24. The standard InChI is InChI=1S/C15H18BrN3OS/c1-2-3-8-17-14(20)11-21-15-18-9-10-19(15)13-6-4-12(16)5-7-13/h4-7,9-10H,2-3,8,11H2,1H3,(H,17,20). The average molecular weight is 368 g/mol. The first-order chi connectivity index (χ1) is 10.2. The molecule has 1 aromatic carbocycles. The molecule has 0 unspecified atom stereocenters. The lowest BCUT2D eigenvalue weighted by atomic mass is 10.3. The number of benzene rings is 1. The molecule has 0 radical (unpaired) electrons. The molecule has 1 heterocycles. The maximum atomic E-state index is 11.7. The van der Waals surface area contributed by atoms with Crippen molar-refractivity contribution < 1.29 is 4.79 Å². The zero-order valence-corrected chi connectivity index (χ0v) is 14.3. The fourth-order valence-electron chi connectivity index (χ4n) is 1.78. The van der Waals surface area contributed by atoms with Crippen molar-refractivity contribution in [3.63, 3.8) is 0 Å². The van der Waals surface area contributed by atoms with Gasteiger partial charge in [-0.2, -0.15) is 0 Å². The summed E-state index contributed by atoms with van der Waals surface area (Å²) in [4.78, 5) is 16.0. The first-order valence-corrected chi connectivity index (χ1v) is 8.67. The topological polar surface area (TPSA) is 46.9 Å². The van der Waals surface area contributed by atoms with E-state index in [2.05, 4.69) is 33.2 Å². The van der Waals surface area contributed by atoms with E-state index in [1.54, 1.807) is 6.20 Å². The van der Waals surface area contributed by atoms with Crippen molar-refractivity contribution in [2.24, 2.45) is 0 Å². The molecule has 0 aliphatic carbocycles. The normalized spacial score (nSPS) is 10.6. The first-order valence-electron chi connectivity index (χ1n) is 6.89. The van der Waals surface area contributed by atoms with E-state index in [1.165, 1.54) is 11.8 Å². The van der Waals surface area contributed by atoms with E-state index in [9.17, 15) is 4.79 Å². The van der Waals surface area contributed by atoms with Gasteiger partial charge in [0.15, 0.2) is 5.16 Å². The third-order valence-corrected chi connectivity index (χ3v) is 4.39. The molecule has 1 aromatic heterocycles.